The molecule has 2 aromatic carbocycles. The number of carbonyl (C=O) groups excluding carboxylic acids is 1. The van der Waals surface area contributed by atoms with Crippen LogP contribution in [0.3, 0.4) is 0 Å². The molecule has 0 bridgehead atoms. The molecule has 1 heterocycles. The summed E-state index contributed by atoms with van der Waals surface area (Å²) in [6.07, 6.45) is 11.0. The van der Waals surface area contributed by atoms with E-state index in [0.29, 0.717) is 42.1 Å². The molecule has 0 radical (unpaired) electrons. The van der Waals surface area contributed by atoms with Crippen molar-refractivity contribution in [3.8, 4) is 17.2 Å². The van der Waals surface area contributed by atoms with Crippen LogP contribution in [0.5, 0.6) is 17.2 Å². The number of carbonyl (C=O) groups is 1. The largest absolute Gasteiger partial charge is 0.508 e. The number of phenols is 3. The first kappa shape index (κ1) is 28.9. The summed E-state index contributed by atoms with van der Waals surface area (Å²) in [7, 11) is 0. The zero-order valence-corrected chi connectivity index (χ0v) is 23.0. The highest BCUT2D eigenvalue weighted by Gasteiger charge is 2.34. The van der Waals surface area contributed by atoms with Crippen LogP contribution in [0.25, 0.3) is 0 Å². The number of amides is 1. The first-order valence-electron chi connectivity index (χ1n) is 13.3. The molecule has 3 rings (SSSR count). The molecule has 0 aliphatic carbocycles. The lowest BCUT2D eigenvalue weighted by Crippen LogP contribution is -2.30. The van der Waals surface area contributed by atoms with Crippen molar-refractivity contribution in [3.05, 3.63) is 70.8 Å². The van der Waals surface area contributed by atoms with E-state index in [0.717, 1.165) is 31.3 Å². The Kier molecular flexibility index (Phi) is 10.0. The second kappa shape index (κ2) is 13.2. The second-order valence-corrected chi connectivity index (χ2v) is 10.2. The maximum atomic E-state index is 13.8. The Morgan fingerprint density at radius 3 is 2.24 bits per heavy atom. The Bertz CT molecular complexity index is 1240. The lowest BCUT2D eigenvalue weighted by molar-refractivity contribution is 0.0990. The number of para-hydroxylation sites is 1. The van der Waals surface area contributed by atoms with Gasteiger partial charge in [0.05, 0.1) is 16.9 Å². The summed E-state index contributed by atoms with van der Waals surface area (Å²) in [6.45, 7) is 9.46. The minimum absolute atomic E-state index is 0.0633. The highest BCUT2D eigenvalue weighted by atomic mass is 16.3. The fourth-order valence-corrected chi connectivity index (χ4v) is 4.67. The maximum Gasteiger partial charge on any atom is 0.260 e. The summed E-state index contributed by atoms with van der Waals surface area (Å²) in [4.78, 5) is 17.1. The van der Waals surface area contributed by atoms with Gasteiger partial charge in [-0.3, -0.25) is 4.79 Å². The number of fused-ring (bicyclic) bond motifs is 2. The number of allylic oxidation sites excluding steroid dienone is 5. The minimum atomic E-state index is -0.323. The van der Waals surface area contributed by atoms with E-state index in [1.165, 1.54) is 29.3 Å². The van der Waals surface area contributed by atoms with Gasteiger partial charge in [0, 0.05) is 25.2 Å². The van der Waals surface area contributed by atoms with Gasteiger partial charge in [-0.15, -0.1) is 0 Å². The van der Waals surface area contributed by atoms with Crippen LogP contribution >= 0.6 is 0 Å². The first-order valence-corrected chi connectivity index (χ1v) is 13.3. The van der Waals surface area contributed by atoms with Crippen molar-refractivity contribution in [2.24, 2.45) is 5.73 Å². The number of aromatic hydroxyl groups is 3. The topological polar surface area (TPSA) is 110 Å². The van der Waals surface area contributed by atoms with Crippen molar-refractivity contribution < 1.29 is 20.1 Å². The number of anilines is 3. The number of benzene rings is 2. The average Bonchev–Trinajstić information content (AvgIpc) is 2.94. The predicted octanol–water partition coefficient (Wildman–Crippen LogP) is 6.67. The number of phenolic OH excluding ortho intramolecular Hbond substituents is 3. The van der Waals surface area contributed by atoms with Crippen LogP contribution < -0.4 is 15.5 Å². The van der Waals surface area contributed by atoms with Crippen molar-refractivity contribution in [2.45, 2.75) is 59.8 Å². The predicted molar refractivity (Wildman–Crippen MR) is 156 cm³/mol. The summed E-state index contributed by atoms with van der Waals surface area (Å²) in [6, 6.07) is 7.55. The normalized spacial score (nSPS) is 13.8. The molecule has 2 aromatic rings. The summed E-state index contributed by atoms with van der Waals surface area (Å²) in [5.74, 6) is -0.717. The second-order valence-electron chi connectivity index (χ2n) is 10.2. The molecular weight excluding hydrogens is 478 g/mol. The van der Waals surface area contributed by atoms with Crippen LogP contribution in [-0.2, 0) is 0 Å². The van der Waals surface area contributed by atoms with Gasteiger partial charge >= 0.3 is 0 Å². The Morgan fingerprint density at radius 2 is 1.55 bits per heavy atom. The monoisotopic (exact) mass is 519 g/mol. The van der Waals surface area contributed by atoms with Gasteiger partial charge in [0.1, 0.15) is 22.9 Å². The van der Waals surface area contributed by atoms with Crippen LogP contribution in [0.1, 0.15) is 70.2 Å². The van der Waals surface area contributed by atoms with Gasteiger partial charge in [-0.25, -0.2) is 0 Å². The average molecular weight is 520 g/mol. The van der Waals surface area contributed by atoms with Crippen LogP contribution in [0, 0.1) is 0 Å². The smallest absolute Gasteiger partial charge is 0.260 e. The Morgan fingerprint density at radius 1 is 0.868 bits per heavy atom. The molecule has 1 amide bonds. The molecule has 0 atom stereocenters. The van der Waals surface area contributed by atoms with Gasteiger partial charge in [-0.05, 0) is 78.5 Å². The van der Waals surface area contributed by atoms with Gasteiger partial charge in [0.15, 0.2) is 0 Å². The molecule has 0 saturated heterocycles. The summed E-state index contributed by atoms with van der Waals surface area (Å²) in [5, 5.41) is 32.0. The maximum absolute atomic E-state index is 13.8. The Balaban J connectivity index is 1.91. The van der Waals surface area contributed by atoms with Crippen molar-refractivity contribution >= 4 is 23.0 Å². The van der Waals surface area contributed by atoms with E-state index in [1.54, 1.807) is 21.9 Å². The molecule has 204 valence electrons. The molecule has 1 aliphatic rings. The van der Waals surface area contributed by atoms with E-state index in [-0.39, 0.29) is 29.7 Å². The van der Waals surface area contributed by atoms with Crippen molar-refractivity contribution in [1.29, 1.82) is 0 Å². The van der Waals surface area contributed by atoms with Gasteiger partial charge in [-0.1, -0.05) is 41.0 Å². The van der Waals surface area contributed by atoms with Crippen molar-refractivity contribution in [3.63, 3.8) is 0 Å². The van der Waals surface area contributed by atoms with Crippen LogP contribution in [0.4, 0.5) is 17.1 Å². The van der Waals surface area contributed by atoms with Gasteiger partial charge < -0.3 is 30.9 Å². The van der Waals surface area contributed by atoms with E-state index in [9.17, 15) is 20.1 Å². The summed E-state index contributed by atoms with van der Waals surface area (Å²) < 4.78 is 0. The van der Waals surface area contributed by atoms with E-state index >= 15 is 0 Å². The van der Waals surface area contributed by atoms with E-state index in [1.807, 2.05) is 13.0 Å². The van der Waals surface area contributed by atoms with E-state index in [2.05, 4.69) is 32.9 Å². The quantitative estimate of drug-likeness (QED) is 0.247. The van der Waals surface area contributed by atoms with Crippen molar-refractivity contribution in [2.75, 3.05) is 29.4 Å². The summed E-state index contributed by atoms with van der Waals surface area (Å²) in [5.41, 5.74) is 11.0. The van der Waals surface area contributed by atoms with E-state index in [4.69, 9.17) is 5.73 Å². The third-order valence-electron chi connectivity index (χ3n) is 6.71. The first-order chi connectivity index (χ1) is 18.1. The zero-order valence-electron chi connectivity index (χ0n) is 23.0. The summed E-state index contributed by atoms with van der Waals surface area (Å²) >= 11 is 0. The number of hydrogen-bond acceptors (Lipinski definition) is 6. The van der Waals surface area contributed by atoms with Crippen LogP contribution in [0.15, 0.2) is 65.3 Å². The lowest BCUT2D eigenvalue weighted by atomic mass is 10.1. The van der Waals surface area contributed by atoms with E-state index < -0.39 is 0 Å². The highest BCUT2D eigenvalue weighted by Crippen LogP contribution is 2.50. The number of hydrogen-bond donors (Lipinski definition) is 4. The number of nitrogens with zero attached hydrogens (tertiary/aromatic N) is 2. The Labute approximate surface area is 226 Å². The standard InChI is InChI=1S/C31H41N3O4/c1-21(2)9-5-10-22(3)11-6-12-23(4)15-18-33-26-19-24(35)20-28(37)30(26)34(17-8-16-32)29-25(31(33)38)13-7-14-27(29)36/h7,9,11,13-15,19-20,35-37H,5-6,8,10,12,16-18,32H2,1-4H3/b22-11+,23-15+. The molecule has 5 N–H and O–H groups in total. The third kappa shape index (κ3) is 6.98. The van der Waals surface area contributed by atoms with Crippen LogP contribution in [0.2, 0.25) is 0 Å². The molecule has 7 nitrogen and oxygen atoms in total. The molecule has 0 saturated carbocycles. The molecule has 1 aliphatic heterocycles. The Hall–Kier alpha value is -3.71. The van der Waals surface area contributed by atoms with Gasteiger partial charge in [0.25, 0.3) is 5.91 Å². The molecule has 7 heteroatoms. The number of rotatable bonds is 11. The molecule has 0 aromatic heterocycles. The van der Waals surface area contributed by atoms with Gasteiger partial charge in [0.2, 0.25) is 0 Å². The molecule has 38 heavy (non-hydrogen) atoms. The molecule has 0 fully saturated rings. The molecular formula is C31H41N3O4. The minimum Gasteiger partial charge on any atom is -0.508 e. The van der Waals surface area contributed by atoms with Crippen LogP contribution in [-0.4, -0.2) is 40.9 Å². The zero-order chi connectivity index (χ0) is 27.8. The molecule has 0 spiro atoms. The number of nitrogens with two attached hydrogens (primary N) is 1. The highest BCUT2D eigenvalue weighted by molar-refractivity contribution is 6.15. The van der Waals surface area contributed by atoms with Gasteiger partial charge in [-0.2, -0.15) is 0 Å². The SMILES string of the molecule is CC(C)=CCC/C(C)=C/CC/C(C)=C/CN1C(=O)c2cccc(O)c2N(CCCN)c2c(O)cc(O)cc21. The lowest BCUT2D eigenvalue weighted by Gasteiger charge is -2.28. The van der Waals surface area contributed by atoms with Crippen molar-refractivity contribution in [1.82, 2.24) is 0 Å². The fraction of sp³-hybridized carbons (Fsp3) is 0.387. The fourth-order valence-electron chi connectivity index (χ4n) is 4.67. The molecule has 0 unspecified atom stereocenters. The third-order valence-corrected chi connectivity index (χ3v) is 6.71.